The van der Waals surface area contributed by atoms with Crippen LogP contribution in [0.4, 0.5) is 11.4 Å². The second-order valence-corrected chi connectivity index (χ2v) is 10.3. The first-order chi connectivity index (χ1) is 17.3. The highest BCUT2D eigenvalue weighted by Gasteiger charge is 2.47. The summed E-state index contributed by atoms with van der Waals surface area (Å²) in [5.74, 6) is 0.00903. The van der Waals surface area contributed by atoms with Crippen molar-refractivity contribution in [1.82, 2.24) is 0 Å². The minimum atomic E-state index is -0.244. The Morgan fingerprint density at radius 2 is 1.42 bits per heavy atom. The first-order valence-corrected chi connectivity index (χ1v) is 13.3. The molecule has 2 N–H and O–H groups in total. The van der Waals surface area contributed by atoms with Crippen molar-refractivity contribution in [3.63, 3.8) is 0 Å². The van der Waals surface area contributed by atoms with E-state index < -0.39 is 0 Å². The molecule has 4 heteroatoms. The molecular weight excluding hydrogens is 444 g/mol. The summed E-state index contributed by atoms with van der Waals surface area (Å²) in [4.78, 5) is 18.7. The number of fused-ring (bicyclic) bond motifs is 2. The van der Waals surface area contributed by atoms with E-state index in [1.165, 1.54) is 11.1 Å². The normalized spacial score (nSPS) is 21.9. The molecule has 0 bridgehead atoms. The van der Waals surface area contributed by atoms with E-state index in [4.69, 9.17) is 4.99 Å². The number of anilines is 1. The van der Waals surface area contributed by atoms with E-state index in [9.17, 15) is 9.90 Å². The van der Waals surface area contributed by atoms with E-state index in [-0.39, 0.29) is 22.4 Å². The molecule has 2 aliphatic heterocycles. The molecule has 2 aromatic rings. The van der Waals surface area contributed by atoms with Crippen LogP contribution in [0.3, 0.4) is 0 Å². The number of hydrogen-bond donors (Lipinski definition) is 2. The molecule has 0 amide bonds. The number of aliphatic hydroxyl groups excluding tert-OH is 1. The predicted molar refractivity (Wildman–Crippen MR) is 148 cm³/mol. The van der Waals surface area contributed by atoms with Crippen LogP contribution < -0.4 is 5.32 Å². The minimum absolute atomic E-state index is 0.0892. The van der Waals surface area contributed by atoms with E-state index in [0.717, 1.165) is 59.6 Å². The minimum Gasteiger partial charge on any atom is -0.506 e. The van der Waals surface area contributed by atoms with Crippen molar-refractivity contribution in [3.8, 4) is 0 Å². The summed E-state index contributed by atoms with van der Waals surface area (Å²) in [5.41, 5.74) is 8.50. The number of para-hydroxylation sites is 2. The van der Waals surface area contributed by atoms with Crippen LogP contribution in [0.2, 0.25) is 0 Å². The van der Waals surface area contributed by atoms with Crippen LogP contribution in [0.1, 0.15) is 78.4 Å². The molecule has 3 aliphatic rings. The fraction of sp³-hybridized carbons (Fsp3) is 0.375. The Morgan fingerprint density at radius 3 is 2.03 bits per heavy atom. The van der Waals surface area contributed by atoms with Crippen molar-refractivity contribution >= 4 is 22.9 Å². The number of Topliss-reactive ketones (excluding diaryl/α,β-unsaturated/α-hetero) is 1. The van der Waals surface area contributed by atoms with Gasteiger partial charge in [0.15, 0.2) is 0 Å². The number of hydrogen-bond acceptors (Lipinski definition) is 4. The average Bonchev–Trinajstić information content (AvgIpc) is 3.42. The van der Waals surface area contributed by atoms with Crippen LogP contribution in [0.15, 0.2) is 87.3 Å². The van der Waals surface area contributed by atoms with Crippen molar-refractivity contribution in [3.05, 3.63) is 93.4 Å². The molecule has 0 aromatic heterocycles. The lowest BCUT2D eigenvalue weighted by Gasteiger charge is -2.34. The van der Waals surface area contributed by atoms with Gasteiger partial charge in [0.05, 0.1) is 22.5 Å². The maximum atomic E-state index is 13.7. The molecule has 186 valence electrons. The average molecular weight is 481 g/mol. The van der Waals surface area contributed by atoms with Gasteiger partial charge in [-0.25, -0.2) is 0 Å². The summed E-state index contributed by atoms with van der Waals surface area (Å²) in [5, 5.41) is 15.0. The Bertz CT molecular complexity index is 1390. The molecule has 4 nitrogen and oxygen atoms in total. The third-order valence-corrected chi connectivity index (χ3v) is 9.11. The Balaban J connectivity index is 1.63. The van der Waals surface area contributed by atoms with Gasteiger partial charge < -0.3 is 10.4 Å². The van der Waals surface area contributed by atoms with E-state index >= 15 is 0 Å². The molecule has 36 heavy (non-hydrogen) atoms. The summed E-state index contributed by atoms with van der Waals surface area (Å²) in [6.45, 7) is 12.6. The standard InChI is InChI=1S/C32H36N2O2/c1-7-31(8-2)21-15-11-13-17-23(21)33-29(31)19(5)25-27(35)26(28(25)36)20(6)30-32(9-3,10-4)22-16-12-14-18-24(22)34-30/h11-18,33,35H,7-10H2,1-6H3/b26-20+,29-19+. The van der Waals surface area contributed by atoms with Crippen LogP contribution in [-0.4, -0.2) is 16.6 Å². The molecule has 0 unspecified atom stereocenters. The SMILES string of the molecule is CCC1(CC)C(/C(C)=C2/C(=O)C(C(/C)=C3/Nc4ccccc4C3(CC)CC)=C2O)=Nc2ccccc21. The molecule has 0 radical (unpaired) electrons. The zero-order valence-electron chi connectivity index (χ0n) is 22.2. The van der Waals surface area contributed by atoms with Gasteiger partial charge in [0.2, 0.25) is 5.78 Å². The Morgan fingerprint density at radius 1 is 0.833 bits per heavy atom. The number of carbonyl (C=O) groups excluding carboxylic acids is 1. The fourth-order valence-electron chi connectivity index (χ4n) is 6.92. The Labute approximate surface area is 214 Å². The summed E-state index contributed by atoms with van der Waals surface area (Å²) in [6, 6.07) is 16.6. The molecule has 2 aromatic carbocycles. The lowest BCUT2D eigenvalue weighted by Crippen LogP contribution is -2.36. The summed E-state index contributed by atoms with van der Waals surface area (Å²) < 4.78 is 0. The molecule has 0 spiro atoms. The molecule has 5 rings (SSSR count). The first-order valence-electron chi connectivity index (χ1n) is 13.3. The van der Waals surface area contributed by atoms with Crippen molar-refractivity contribution in [2.45, 2.75) is 78.1 Å². The highest BCUT2D eigenvalue weighted by atomic mass is 16.3. The van der Waals surface area contributed by atoms with E-state index in [1.54, 1.807) is 0 Å². The molecule has 0 fully saturated rings. The summed E-state index contributed by atoms with van der Waals surface area (Å²) in [6.07, 6.45) is 3.59. The van der Waals surface area contributed by atoms with Crippen LogP contribution >= 0.6 is 0 Å². The lowest BCUT2D eigenvalue weighted by molar-refractivity contribution is -0.113. The van der Waals surface area contributed by atoms with E-state index in [2.05, 4.69) is 63.3 Å². The third kappa shape index (κ3) is 3.00. The van der Waals surface area contributed by atoms with Crippen molar-refractivity contribution in [1.29, 1.82) is 0 Å². The van der Waals surface area contributed by atoms with Crippen LogP contribution in [0.25, 0.3) is 0 Å². The topological polar surface area (TPSA) is 61.7 Å². The van der Waals surface area contributed by atoms with E-state index in [0.29, 0.717) is 11.1 Å². The maximum absolute atomic E-state index is 13.7. The lowest BCUT2D eigenvalue weighted by atomic mass is 9.68. The van der Waals surface area contributed by atoms with Gasteiger partial charge in [-0.2, -0.15) is 0 Å². The van der Waals surface area contributed by atoms with Crippen LogP contribution in [-0.2, 0) is 15.6 Å². The van der Waals surface area contributed by atoms with Gasteiger partial charge in [-0.1, -0.05) is 64.1 Å². The second-order valence-electron chi connectivity index (χ2n) is 10.3. The number of nitrogens with zero attached hydrogens (tertiary/aromatic N) is 1. The molecule has 0 atom stereocenters. The number of aliphatic imine (C=N–C) groups is 1. The van der Waals surface area contributed by atoms with Crippen LogP contribution in [0, 0.1) is 0 Å². The number of allylic oxidation sites excluding steroid dienone is 5. The fourth-order valence-corrected chi connectivity index (χ4v) is 6.92. The highest BCUT2D eigenvalue weighted by molar-refractivity contribution is 6.27. The summed E-state index contributed by atoms with van der Waals surface area (Å²) in [7, 11) is 0. The smallest absolute Gasteiger partial charge is 0.201 e. The number of rotatable bonds is 6. The van der Waals surface area contributed by atoms with Gasteiger partial charge in [0.1, 0.15) is 5.76 Å². The van der Waals surface area contributed by atoms with Gasteiger partial charge in [0.25, 0.3) is 0 Å². The second kappa shape index (κ2) is 8.62. The molecule has 1 aliphatic carbocycles. The van der Waals surface area contributed by atoms with Gasteiger partial charge in [0, 0.05) is 22.2 Å². The maximum Gasteiger partial charge on any atom is 0.201 e. The van der Waals surface area contributed by atoms with Crippen molar-refractivity contribution in [2.75, 3.05) is 5.32 Å². The predicted octanol–water partition coefficient (Wildman–Crippen LogP) is 8.00. The third-order valence-electron chi connectivity index (χ3n) is 9.11. The first kappa shape index (κ1) is 24.3. The van der Waals surface area contributed by atoms with E-state index in [1.807, 2.05) is 32.0 Å². The number of nitrogens with one attached hydrogen (secondary N) is 1. The van der Waals surface area contributed by atoms with Gasteiger partial charge in [-0.3, -0.25) is 9.79 Å². The largest absolute Gasteiger partial charge is 0.506 e. The molecular formula is C32H36N2O2. The zero-order valence-corrected chi connectivity index (χ0v) is 22.2. The summed E-state index contributed by atoms with van der Waals surface area (Å²) >= 11 is 0. The Hall–Kier alpha value is -3.40. The highest BCUT2D eigenvalue weighted by Crippen LogP contribution is 2.52. The Kier molecular flexibility index (Phi) is 5.82. The van der Waals surface area contributed by atoms with Gasteiger partial charge >= 0.3 is 0 Å². The molecule has 0 saturated carbocycles. The van der Waals surface area contributed by atoms with Gasteiger partial charge in [-0.15, -0.1) is 0 Å². The molecule has 0 saturated heterocycles. The number of carbonyl (C=O) groups is 1. The quantitative estimate of drug-likeness (QED) is 0.412. The van der Waals surface area contributed by atoms with Gasteiger partial charge in [-0.05, 0) is 73.9 Å². The number of benzene rings is 2. The zero-order chi connectivity index (χ0) is 25.8. The van der Waals surface area contributed by atoms with Crippen LogP contribution in [0.5, 0.6) is 0 Å². The monoisotopic (exact) mass is 480 g/mol. The van der Waals surface area contributed by atoms with Crippen molar-refractivity contribution in [2.24, 2.45) is 4.99 Å². The van der Waals surface area contributed by atoms with Crippen molar-refractivity contribution < 1.29 is 9.90 Å². The number of ketones is 1. The molecule has 2 heterocycles. The number of aliphatic hydroxyl groups is 1.